The lowest BCUT2D eigenvalue weighted by molar-refractivity contribution is -0.107. The minimum Gasteiger partial charge on any atom is -0.303 e. The van der Waals surface area contributed by atoms with Crippen molar-refractivity contribution in [2.24, 2.45) is 0 Å². The van der Waals surface area contributed by atoms with Crippen molar-refractivity contribution in [3.05, 3.63) is 0 Å². The summed E-state index contributed by atoms with van der Waals surface area (Å²) in [6, 6.07) is 0. The number of rotatable bonds is 4. The van der Waals surface area contributed by atoms with Gasteiger partial charge < -0.3 is 4.79 Å². The molecule has 40 valence electrons. The second kappa shape index (κ2) is 5.76. The van der Waals surface area contributed by atoms with Crippen LogP contribution in [0.1, 0.15) is 19.3 Å². The first-order valence-electron chi connectivity index (χ1n) is 2.29. The molecule has 0 heterocycles. The SMILES string of the molecule is O=CCCCC=S. The number of hydrogen-bond acceptors (Lipinski definition) is 2. The Kier molecular flexibility index (Phi) is 5.56. The first-order valence-corrected chi connectivity index (χ1v) is 2.76. The minimum atomic E-state index is 0.646. The van der Waals surface area contributed by atoms with Crippen molar-refractivity contribution in [2.45, 2.75) is 19.3 Å². The lowest BCUT2D eigenvalue weighted by Gasteiger charge is -1.80. The van der Waals surface area contributed by atoms with E-state index in [1.807, 2.05) is 0 Å². The van der Waals surface area contributed by atoms with Crippen molar-refractivity contribution in [3.63, 3.8) is 0 Å². The molecule has 0 amide bonds. The number of unbranched alkanes of at least 4 members (excludes halogenated alkanes) is 2. The highest BCUT2D eigenvalue weighted by molar-refractivity contribution is 7.78. The van der Waals surface area contributed by atoms with Gasteiger partial charge in [0.15, 0.2) is 0 Å². The molecule has 0 aliphatic carbocycles. The molecule has 0 rings (SSSR count). The predicted molar refractivity (Wildman–Crippen MR) is 33.6 cm³/mol. The molecule has 0 spiro atoms. The molecule has 0 aliphatic heterocycles. The van der Waals surface area contributed by atoms with Crippen LogP contribution in [0, 0.1) is 0 Å². The third-order valence-electron chi connectivity index (χ3n) is 0.644. The molecule has 0 bridgehead atoms. The van der Waals surface area contributed by atoms with Crippen LogP contribution in [0.5, 0.6) is 0 Å². The van der Waals surface area contributed by atoms with Gasteiger partial charge in [-0.2, -0.15) is 0 Å². The van der Waals surface area contributed by atoms with Gasteiger partial charge in [0, 0.05) is 6.42 Å². The fourth-order valence-corrected chi connectivity index (χ4v) is 0.451. The topological polar surface area (TPSA) is 17.1 Å². The molecule has 0 radical (unpaired) electrons. The van der Waals surface area contributed by atoms with Crippen molar-refractivity contribution >= 4 is 23.9 Å². The molecule has 0 aromatic carbocycles. The number of thiocarbonyl (C=S) groups is 1. The zero-order valence-corrected chi connectivity index (χ0v) is 4.91. The van der Waals surface area contributed by atoms with Gasteiger partial charge >= 0.3 is 0 Å². The number of carbonyl (C=O) groups excluding carboxylic acids is 1. The van der Waals surface area contributed by atoms with Crippen LogP contribution in [0.15, 0.2) is 0 Å². The Bertz CT molecular complexity index is 53.1. The second-order valence-corrected chi connectivity index (χ2v) is 1.60. The minimum absolute atomic E-state index is 0.646. The molecule has 0 unspecified atom stereocenters. The molecule has 0 fully saturated rings. The zero-order valence-electron chi connectivity index (χ0n) is 4.09. The summed E-state index contributed by atoms with van der Waals surface area (Å²) in [5, 5.41) is 1.66. The molecule has 2 heteroatoms. The van der Waals surface area contributed by atoms with Crippen molar-refractivity contribution in [3.8, 4) is 0 Å². The smallest absolute Gasteiger partial charge is 0.120 e. The molecule has 7 heavy (non-hydrogen) atoms. The van der Waals surface area contributed by atoms with Crippen molar-refractivity contribution in [1.29, 1.82) is 0 Å². The highest BCUT2D eigenvalue weighted by Crippen LogP contribution is 1.86. The molecular formula is C5H8OS. The average molecular weight is 116 g/mol. The van der Waals surface area contributed by atoms with E-state index in [1.165, 1.54) is 0 Å². The Hall–Kier alpha value is -0.240. The van der Waals surface area contributed by atoms with E-state index in [1.54, 1.807) is 5.37 Å². The molecule has 1 nitrogen and oxygen atoms in total. The largest absolute Gasteiger partial charge is 0.303 e. The average Bonchev–Trinajstić information content (AvgIpc) is 1.69. The summed E-state index contributed by atoms with van der Waals surface area (Å²) >= 11 is 4.52. The van der Waals surface area contributed by atoms with E-state index in [0.717, 1.165) is 19.1 Å². The summed E-state index contributed by atoms with van der Waals surface area (Å²) in [7, 11) is 0. The summed E-state index contributed by atoms with van der Waals surface area (Å²) in [6.07, 6.45) is 3.35. The maximum Gasteiger partial charge on any atom is 0.120 e. The van der Waals surface area contributed by atoms with Crippen LogP contribution < -0.4 is 0 Å². The van der Waals surface area contributed by atoms with E-state index in [4.69, 9.17) is 0 Å². The van der Waals surface area contributed by atoms with Crippen LogP contribution in [-0.2, 0) is 4.79 Å². The van der Waals surface area contributed by atoms with Crippen LogP contribution in [0.2, 0.25) is 0 Å². The fraction of sp³-hybridized carbons (Fsp3) is 0.600. The van der Waals surface area contributed by atoms with Gasteiger partial charge in [-0.15, -0.1) is 0 Å². The van der Waals surface area contributed by atoms with Crippen LogP contribution in [0.4, 0.5) is 0 Å². The van der Waals surface area contributed by atoms with Gasteiger partial charge in [-0.3, -0.25) is 0 Å². The van der Waals surface area contributed by atoms with Crippen molar-refractivity contribution in [2.75, 3.05) is 0 Å². The summed E-state index contributed by atoms with van der Waals surface area (Å²) in [6.45, 7) is 0. The fourth-order valence-electron chi connectivity index (χ4n) is 0.285. The van der Waals surface area contributed by atoms with E-state index in [2.05, 4.69) is 12.2 Å². The summed E-state index contributed by atoms with van der Waals surface area (Å²) in [5.41, 5.74) is 0. The van der Waals surface area contributed by atoms with Gasteiger partial charge in [0.2, 0.25) is 0 Å². The first-order chi connectivity index (χ1) is 3.41. The third-order valence-corrected chi connectivity index (χ3v) is 0.880. The molecule has 0 N–H and O–H groups in total. The molecular weight excluding hydrogens is 108 g/mol. The Morgan fingerprint density at radius 1 is 1.43 bits per heavy atom. The Labute approximate surface area is 48.7 Å². The highest BCUT2D eigenvalue weighted by atomic mass is 32.1. The van der Waals surface area contributed by atoms with Gasteiger partial charge in [-0.05, 0) is 18.2 Å². The lowest BCUT2D eigenvalue weighted by Crippen LogP contribution is -1.75. The van der Waals surface area contributed by atoms with Gasteiger partial charge in [-0.1, -0.05) is 12.2 Å². The number of hydrogen-bond donors (Lipinski definition) is 0. The van der Waals surface area contributed by atoms with E-state index >= 15 is 0 Å². The zero-order chi connectivity index (χ0) is 5.54. The normalized spacial score (nSPS) is 8.00. The van der Waals surface area contributed by atoms with Crippen molar-refractivity contribution < 1.29 is 4.79 Å². The number of carbonyl (C=O) groups is 1. The van der Waals surface area contributed by atoms with Gasteiger partial charge in [-0.25, -0.2) is 0 Å². The first kappa shape index (κ1) is 6.76. The molecule has 0 saturated heterocycles. The Morgan fingerprint density at radius 2 is 2.14 bits per heavy atom. The van der Waals surface area contributed by atoms with E-state index in [-0.39, 0.29) is 0 Å². The molecule has 0 aromatic rings. The molecule has 0 atom stereocenters. The second-order valence-electron chi connectivity index (χ2n) is 1.26. The van der Waals surface area contributed by atoms with Gasteiger partial charge in [0.05, 0.1) is 0 Å². The summed E-state index contributed by atoms with van der Waals surface area (Å²) in [5.74, 6) is 0. The van der Waals surface area contributed by atoms with E-state index in [9.17, 15) is 4.79 Å². The van der Waals surface area contributed by atoms with Crippen LogP contribution in [-0.4, -0.2) is 11.7 Å². The van der Waals surface area contributed by atoms with E-state index < -0.39 is 0 Å². The Morgan fingerprint density at radius 3 is 2.57 bits per heavy atom. The van der Waals surface area contributed by atoms with Crippen LogP contribution in [0.3, 0.4) is 0 Å². The standard InChI is InChI=1S/C5H8OS/c6-4-2-1-3-5-7/h4-5H,1-3H2. The van der Waals surface area contributed by atoms with Crippen LogP contribution in [0.25, 0.3) is 0 Å². The van der Waals surface area contributed by atoms with Crippen LogP contribution >= 0.6 is 12.2 Å². The van der Waals surface area contributed by atoms with Gasteiger partial charge in [0.1, 0.15) is 6.29 Å². The highest BCUT2D eigenvalue weighted by Gasteiger charge is 1.78. The molecule has 0 saturated carbocycles. The molecule has 0 aliphatic rings. The lowest BCUT2D eigenvalue weighted by atomic mass is 10.3. The summed E-state index contributed by atoms with van der Waals surface area (Å²) in [4.78, 5) is 9.63. The maximum absolute atomic E-state index is 9.63. The quantitative estimate of drug-likeness (QED) is 0.313. The van der Waals surface area contributed by atoms with Gasteiger partial charge in [0.25, 0.3) is 0 Å². The maximum atomic E-state index is 9.63. The number of aldehydes is 1. The third kappa shape index (κ3) is 5.76. The van der Waals surface area contributed by atoms with E-state index in [0.29, 0.717) is 6.42 Å². The van der Waals surface area contributed by atoms with Crippen molar-refractivity contribution in [1.82, 2.24) is 0 Å². The molecule has 0 aromatic heterocycles. The summed E-state index contributed by atoms with van der Waals surface area (Å²) < 4.78 is 0. The Balaban J connectivity index is 2.68. The predicted octanol–water partition coefficient (Wildman–Crippen LogP) is 1.36. The monoisotopic (exact) mass is 116 g/mol.